The van der Waals surface area contributed by atoms with E-state index in [0.29, 0.717) is 5.92 Å². The molecule has 5 nitrogen and oxygen atoms in total. The van der Waals surface area contributed by atoms with E-state index in [1.54, 1.807) is 0 Å². The minimum absolute atomic E-state index is 0.135. The zero-order chi connectivity index (χ0) is 18.2. The highest BCUT2D eigenvalue weighted by molar-refractivity contribution is 7.13. The molecule has 0 bridgehead atoms. The van der Waals surface area contributed by atoms with Gasteiger partial charge in [0, 0.05) is 34.9 Å². The molecule has 1 aliphatic carbocycles. The summed E-state index contributed by atoms with van der Waals surface area (Å²) in [7, 11) is 0. The lowest BCUT2D eigenvalue weighted by Crippen LogP contribution is -2.32. The number of rotatable bonds is 5. The van der Waals surface area contributed by atoms with Gasteiger partial charge in [-0.05, 0) is 56.3 Å². The Kier molecular flexibility index (Phi) is 4.45. The summed E-state index contributed by atoms with van der Waals surface area (Å²) in [5.74, 6) is 0.984. The number of hydrogen-bond acceptors (Lipinski definition) is 4. The van der Waals surface area contributed by atoms with Crippen molar-refractivity contribution in [2.24, 2.45) is 5.92 Å². The van der Waals surface area contributed by atoms with Gasteiger partial charge in [-0.2, -0.15) is 0 Å². The molecular formula is C21H24N4OS. The average molecular weight is 381 g/mol. The van der Waals surface area contributed by atoms with Crippen molar-refractivity contribution >= 4 is 33.3 Å². The Bertz CT molecular complexity index is 950. The van der Waals surface area contributed by atoms with Crippen LogP contribution in [0.25, 0.3) is 10.9 Å². The summed E-state index contributed by atoms with van der Waals surface area (Å²) in [5, 5.41) is 7.14. The number of likely N-dealkylation sites (tertiary alicyclic amines) is 1. The molecule has 5 rings (SSSR count). The van der Waals surface area contributed by atoms with Crippen molar-refractivity contribution < 1.29 is 4.79 Å². The Morgan fingerprint density at radius 2 is 2.04 bits per heavy atom. The number of benzene rings is 1. The molecule has 2 aliphatic rings. The summed E-state index contributed by atoms with van der Waals surface area (Å²) in [6, 6.07) is 8.58. The van der Waals surface area contributed by atoms with Crippen molar-refractivity contribution in [2.45, 2.75) is 38.1 Å². The third-order valence-electron chi connectivity index (χ3n) is 5.76. The minimum atomic E-state index is 0.135. The van der Waals surface area contributed by atoms with E-state index in [1.807, 2.05) is 0 Å². The van der Waals surface area contributed by atoms with Crippen LogP contribution in [0.4, 0.5) is 5.13 Å². The number of thiazole rings is 1. The van der Waals surface area contributed by atoms with Crippen LogP contribution in [0.15, 0.2) is 35.8 Å². The molecule has 2 aromatic heterocycles. The number of para-hydroxylation sites is 1. The number of nitrogens with zero attached hydrogens (tertiary/aromatic N) is 2. The fraction of sp³-hybridized carbons (Fsp3) is 0.429. The van der Waals surface area contributed by atoms with Crippen molar-refractivity contribution in [1.82, 2.24) is 14.9 Å². The summed E-state index contributed by atoms with van der Waals surface area (Å²) < 4.78 is 0. The van der Waals surface area contributed by atoms with Gasteiger partial charge in [-0.15, -0.1) is 11.3 Å². The number of H-pyrrole nitrogens is 1. The van der Waals surface area contributed by atoms with Gasteiger partial charge < -0.3 is 10.3 Å². The first kappa shape index (κ1) is 17.0. The van der Waals surface area contributed by atoms with Crippen LogP contribution in [0.1, 0.15) is 42.9 Å². The van der Waals surface area contributed by atoms with Crippen LogP contribution in [-0.4, -0.2) is 33.9 Å². The van der Waals surface area contributed by atoms with E-state index in [0.717, 1.165) is 43.3 Å². The molecule has 140 valence electrons. The summed E-state index contributed by atoms with van der Waals surface area (Å²) in [5.41, 5.74) is 3.76. The van der Waals surface area contributed by atoms with Gasteiger partial charge in [-0.1, -0.05) is 18.2 Å². The van der Waals surface area contributed by atoms with Gasteiger partial charge in [0.05, 0.1) is 5.69 Å². The molecule has 0 unspecified atom stereocenters. The maximum absolute atomic E-state index is 11.9. The van der Waals surface area contributed by atoms with Crippen LogP contribution in [0, 0.1) is 5.92 Å². The highest BCUT2D eigenvalue weighted by Crippen LogP contribution is 2.34. The first-order valence-corrected chi connectivity index (χ1v) is 10.7. The van der Waals surface area contributed by atoms with Gasteiger partial charge >= 0.3 is 0 Å². The fourth-order valence-corrected chi connectivity index (χ4v) is 4.76. The van der Waals surface area contributed by atoms with Crippen LogP contribution in [0.3, 0.4) is 0 Å². The molecular weight excluding hydrogens is 356 g/mol. The normalized spacial score (nSPS) is 18.8. The number of nitrogens with one attached hydrogen (secondary N) is 2. The van der Waals surface area contributed by atoms with Gasteiger partial charge in [-0.25, -0.2) is 4.98 Å². The largest absolute Gasteiger partial charge is 0.361 e. The predicted molar refractivity (Wildman–Crippen MR) is 109 cm³/mol. The molecule has 0 atom stereocenters. The van der Waals surface area contributed by atoms with Gasteiger partial charge in [-0.3, -0.25) is 9.69 Å². The fourth-order valence-electron chi connectivity index (χ4n) is 4.05. The number of aromatic amines is 1. The van der Waals surface area contributed by atoms with Crippen LogP contribution < -0.4 is 5.32 Å². The summed E-state index contributed by atoms with van der Waals surface area (Å²) >= 11 is 1.54. The van der Waals surface area contributed by atoms with Crippen molar-refractivity contribution in [3.05, 3.63) is 47.1 Å². The SMILES string of the molecule is O=C(Nc1nc(CN2CCC(c3c[nH]c4ccccc34)CC2)cs1)C1CC1. The van der Waals surface area contributed by atoms with Gasteiger partial charge in [0.2, 0.25) is 5.91 Å². The first-order valence-electron chi connectivity index (χ1n) is 9.80. The third-order valence-corrected chi connectivity index (χ3v) is 6.57. The molecule has 2 N–H and O–H groups in total. The van der Waals surface area contributed by atoms with E-state index >= 15 is 0 Å². The average Bonchev–Trinajstić information content (AvgIpc) is 3.33. The Morgan fingerprint density at radius 3 is 2.85 bits per heavy atom. The molecule has 6 heteroatoms. The Labute approximate surface area is 162 Å². The molecule has 3 heterocycles. The zero-order valence-corrected chi connectivity index (χ0v) is 16.1. The maximum atomic E-state index is 11.9. The second kappa shape index (κ2) is 7.09. The van der Waals surface area contributed by atoms with E-state index in [9.17, 15) is 4.79 Å². The first-order chi connectivity index (χ1) is 13.3. The summed E-state index contributed by atoms with van der Waals surface area (Å²) in [4.78, 5) is 22.4. The minimum Gasteiger partial charge on any atom is -0.361 e. The number of carbonyl (C=O) groups excluding carboxylic acids is 1. The van der Waals surface area contributed by atoms with Crippen molar-refractivity contribution in [2.75, 3.05) is 18.4 Å². The van der Waals surface area contributed by atoms with Crippen molar-refractivity contribution in [3.63, 3.8) is 0 Å². The molecule has 1 saturated carbocycles. The number of hydrogen-bond donors (Lipinski definition) is 2. The Hall–Kier alpha value is -2.18. The smallest absolute Gasteiger partial charge is 0.229 e. The molecule has 3 aromatic rings. The maximum Gasteiger partial charge on any atom is 0.229 e. The number of aromatic nitrogens is 2. The van der Waals surface area contributed by atoms with E-state index < -0.39 is 0 Å². The van der Waals surface area contributed by atoms with Crippen LogP contribution >= 0.6 is 11.3 Å². The zero-order valence-electron chi connectivity index (χ0n) is 15.3. The lowest BCUT2D eigenvalue weighted by atomic mass is 9.89. The second-order valence-corrected chi connectivity index (χ2v) is 8.61. The molecule has 0 spiro atoms. The molecule has 1 saturated heterocycles. The standard InChI is InChI=1S/C21H24N4OS/c26-20(15-5-6-15)24-21-23-16(13-27-21)12-25-9-7-14(8-10-25)18-11-22-19-4-2-1-3-17(18)19/h1-4,11,13-15,22H,5-10,12H2,(H,23,24,26). The van der Waals surface area contributed by atoms with E-state index in [4.69, 9.17) is 0 Å². The molecule has 27 heavy (non-hydrogen) atoms. The van der Waals surface area contributed by atoms with E-state index in [2.05, 4.69) is 56.0 Å². The molecule has 1 aliphatic heterocycles. The quantitative estimate of drug-likeness (QED) is 0.692. The van der Waals surface area contributed by atoms with Crippen molar-refractivity contribution in [1.29, 1.82) is 0 Å². The third kappa shape index (κ3) is 3.64. The Morgan fingerprint density at radius 1 is 1.22 bits per heavy atom. The Balaban J connectivity index is 1.17. The van der Waals surface area contributed by atoms with E-state index in [1.165, 1.54) is 40.6 Å². The highest BCUT2D eigenvalue weighted by Gasteiger charge is 2.30. The van der Waals surface area contributed by atoms with Crippen molar-refractivity contribution in [3.8, 4) is 0 Å². The predicted octanol–water partition coefficient (Wildman–Crippen LogP) is 4.35. The number of carbonyl (C=O) groups is 1. The number of fused-ring (bicyclic) bond motifs is 1. The number of anilines is 1. The topological polar surface area (TPSA) is 61.0 Å². The van der Waals surface area contributed by atoms with Crippen LogP contribution in [0.5, 0.6) is 0 Å². The molecule has 1 aromatic carbocycles. The summed E-state index contributed by atoms with van der Waals surface area (Å²) in [6.45, 7) is 3.05. The molecule has 0 radical (unpaired) electrons. The van der Waals surface area contributed by atoms with Crippen LogP contribution in [0.2, 0.25) is 0 Å². The molecule has 2 fully saturated rings. The van der Waals surface area contributed by atoms with Crippen LogP contribution in [-0.2, 0) is 11.3 Å². The van der Waals surface area contributed by atoms with E-state index in [-0.39, 0.29) is 11.8 Å². The van der Waals surface area contributed by atoms with Gasteiger partial charge in [0.15, 0.2) is 5.13 Å². The highest BCUT2D eigenvalue weighted by atomic mass is 32.1. The second-order valence-electron chi connectivity index (χ2n) is 7.75. The molecule has 1 amide bonds. The van der Waals surface area contributed by atoms with Gasteiger partial charge in [0.1, 0.15) is 0 Å². The lowest BCUT2D eigenvalue weighted by molar-refractivity contribution is -0.117. The number of amides is 1. The lowest BCUT2D eigenvalue weighted by Gasteiger charge is -2.31. The van der Waals surface area contributed by atoms with Gasteiger partial charge in [0.25, 0.3) is 0 Å². The monoisotopic (exact) mass is 380 g/mol. The number of piperidine rings is 1. The summed E-state index contributed by atoms with van der Waals surface area (Å²) in [6.07, 6.45) is 6.60.